The first-order valence-electron chi connectivity index (χ1n) is 6.78. The van der Waals surface area contributed by atoms with Gasteiger partial charge in [-0.2, -0.15) is 0 Å². The molecule has 1 unspecified atom stereocenters. The molecule has 2 nitrogen and oxygen atoms in total. The van der Waals surface area contributed by atoms with Crippen molar-refractivity contribution in [3.8, 4) is 0 Å². The Morgan fingerprint density at radius 3 is 2.35 bits per heavy atom. The fraction of sp³-hybridized carbons (Fsp3) is 0.167. The van der Waals surface area contributed by atoms with Crippen LogP contribution in [0.1, 0.15) is 24.8 Å². The quantitative estimate of drug-likeness (QED) is 0.703. The molecule has 0 saturated heterocycles. The standard InChI is InChI=1S/C18H16O2/c1-12(9-18(19)20)16-8-4-7-15-10-13-5-2-3-6-14(13)11-17(15)16/h2-8,10-12H,9H2,1H3,(H,19,20). The van der Waals surface area contributed by atoms with Crippen LogP contribution in [0.4, 0.5) is 0 Å². The molecule has 0 spiro atoms. The lowest BCUT2D eigenvalue weighted by Gasteiger charge is -2.13. The molecule has 20 heavy (non-hydrogen) atoms. The van der Waals surface area contributed by atoms with Gasteiger partial charge in [0, 0.05) is 0 Å². The van der Waals surface area contributed by atoms with Crippen LogP contribution in [0.2, 0.25) is 0 Å². The molecule has 0 aliphatic rings. The minimum Gasteiger partial charge on any atom is -0.481 e. The summed E-state index contributed by atoms with van der Waals surface area (Å²) in [6, 6.07) is 18.7. The van der Waals surface area contributed by atoms with Gasteiger partial charge in [-0.25, -0.2) is 0 Å². The Balaban J connectivity index is 2.22. The van der Waals surface area contributed by atoms with Gasteiger partial charge in [-0.3, -0.25) is 4.79 Å². The van der Waals surface area contributed by atoms with Crippen LogP contribution in [0, 0.1) is 0 Å². The Morgan fingerprint density at radius 1 is 1.00 bits per heavy atom. The monoisotopic (exact) mass is 264 g/mol. The van der Waals surface area contributed by atoms with Crippen molar-refractivity contribution in [3.63, 3.8) is 0 Å². The molecule has 1 N–H and O–H groups in total. The van der Waals surface area contributed by atoms with Crippen LogP contribution in [0.3, 0.4) is 0 Å². The zero-order valence-corrected chi connectivity index (χ0v) is 11.3. The molecular formula is C18H16O2. The number of carbonyl (C=O) groups is 1. The second kappa shape index (κ2) is 4.97. The maximum absolute atomic E-state index is 10.9. The van der Waals surface area contributed by atoms with E-state index in [9.17, 15) is 4.79 Å². The van der Waals surface area contributed by atoms with Gasteiger partial charge in [-0.05, 0) is 45.2 Å². The number of fused-ring (bicyclic) bond motifs is 2. The third-order valence-corrected chi connectivity index (χ3v) is 3.79. The summed E-state index contributed by atoms with van der Waals surface area (Å²) in [7, 11) is 0. The zero-order valence-electron chi connectivity index (χ0n) is 11.3. The lowest BCUT2D eigenvalue weighted by Crippen LogP contribution is -2.03. The van der Waals surface area contributed by atoms with Crippen LogP contribution in [0.25, 0.3) is 21.5 Å². The topological polar surface area (TPSA) is 37.3 Å². The summed E-state index contributed by atoms with van der Waals surface area (Å²) in [5.41, 5.74) is 1.11. The average Bonchev–Trinajstić information content (AvgIpc) is 2.43. The van der Waals surface area contributed by atoms with E-state index in [0.29, 0.717) is 0 Å². The number of carboxylic acids is 1. The van der Waals surface area contributed by atoms with Crippen molar-refractivity contribution in [1.29, 1.82) is 0 Å². The van der Waals surface area contributed by atoms with E-state index in [2.05, 4.69) is 30.3 Å². The van der Waals surface area contributed by atoms with Crippen LogP contribution in [-0.2, 0) is 4.79 Å². The van der Waals surface area contributed by atoms with Crippen LogP contribution >= 0.6 is 0 Å². The minimum atomic E-state index is -0.754. The molecule has 100 valence electrons. The van der Waals surface area contributed by atoms with Gasteiger partial charge in [0.1, 0.15) is 0 Å². The van der Waals surface area contributed by atoms with E-state index in [1.54, 1.807) is 0 Å². The van der Waals surface area contributed by atoms with E-state index in [0.717, 1.165) is 10.9 Å². The molecule has 3 aromatic carbocycles. The van der Waals surface area contributed by atoms with Crippen molar-refractivity contribution in [2.24, 2.45) is 0 Å². The van der Waals surface area contributed by atoms with Crippen LogP contribution < -0.4 is 0 Å². The molecule has 3 rings (SSSR count). The van der Waals surface area contributed by atoms with Gasteiger partial charge in [0.15, 0.2) is 0 Å². The van der Waals surface area contributed by atoms with Crippen molar-refractivity contribution in [2.75, 3.05) is 0 Å². The molecule has 0 aromatic heterocycles. The van der Waals surface area contributed by atoms with E-state index in [4.69, 9.17) is 5.11 Å². The highest BCUT2D eigenvalue weighted by Gasteiger charge is 2.13. The first-order chi connectivity index (χ1) is 9.65. The van der Waals surface area contributed by atoms with Crippen molar-refractivity contribution in [2.45, 2.75) is 19.3 Å². The average molecular weight is 264 g/mol. The highest BCUT2D eigenvalue weighted by molar-refractivity contribution is 5.99. The third-order valence-electron chi connectivity index (χ3n) is 3.79. The summed E-state index contributed by atoms with van der Waals surface area (Å²) in [4.78, 5) is 10.9. The van der Waals surface area contributed by atoms with E-state index in [1.165, 1.54) is 16.2 Å². The van der Waals surface area contributed by atoms with Crippen molar-refractivity contribution in [3.05, 3.63) is 60.2 Å². The molecule has 0 radical (unpaired) electrons. The minimum absolute atomic E-state index is 0.0114. The number of rotatable bonds is 3. The Bertz CT molecular complexity index is 790. The molecule has 2 heteroatoms. The summed E-state index contributed by atoms with van der Waals surface area (Å²) >= 11 is 0. The first-order valence-corrected chi connectivity index (χ1v) is 6.78. The fourth-order valence-electron chi connectivity index (χ4n) is 2.79. The summed E-state index contributed by atoms with van der Waals surface area (Å²) in [5, 5.41) is 13.7. The Kier molecular flexibility index (Phi) is 3.15. The number of hydrogen-bond acceptors (Lipinski definition) is 1. The second-order valence-corrected chi connectivity index (χ2v) is 5.27. The fourth-order valence-corrected chi connectivity index (χ4v) is 2.79. The predicted molar refractivity (Wildman–Crippen MR) is 82.1 cm³/mol. The Hall–Kier alpha value is -2.35. The van der Waals surface area contributed by atoms with Gasteiger partial charge in [-0.15, -0.1) is 0 Å². The van der Waals surface area contributed by atoms with Crippen molar-refractivity contribution >= 4 is 27.5 Å². The van der Waals surface area contributed by atoms with Gasteiger partial charge < -0.3 is 5.11 Å². The SMILES string of the molecule is CC(CC(=O)O)c1cccc2cc3ccccc3cc12. The number of carboxylic acid groups (broad SMARTS) is 1. The molecular weight excluding hydrogens is 248 g/mol. The van der Waals surface area contributed by atoms with Crippen LogP contribution in [0.5, 0.6) is 0 Å². The normalized spacial score (nSPS) is 12.7. The second-order valence-electron chi connectivity index (χ2n) is 5.27. The number of hydrogen-bond donors (Lipinski definition) is 1. The zero-order chi connectivity index (χ0) is 14.1. The summed E-state index contributed by atoms with van der Waals surface area (Å²) in [6.45, 7) is 1.97. The number of benzene rings is 3. The first kappa shape index (κ1) is 12.7. The summed E-state index contributed by atoms with van der Waals surface area (Å²) in [5.74, 6) is -0.743. The third kappa shape index (κ3) is 2.25. The lowest BCUT2D eigenvalue weighted by molar-refractivity contribution is -0.137. The summed E-state index contributed by atoms with van der Waals surface area (Å²) < 4.78 is 0. The molecule has 0 saturated carbocycles. The predicted octanol–water partition coefficient (Wildman–Crippen LogP) is 4.57. The maximum Gasteiger partial charge on any atom is 0.303 e. The molecule has 0 bridgehead atoms. The number of aliphatic carboxylic acids is 1. The largest absolute Gasteiger partial charge is 0.481 e. The summed E-state index contributed by atoms with van der Waals surface area (Å²) in [6.07, 6.45) is 0.159. The van der Waals surface area contributed by atoms with Crippen molar-refractivity contribution < 1.29 is 9.90 Å². The van der Waals surface area contributed by atoms with Crippen LogP contribution in [-0.4, -0.2) is 11.1 Å². The Labute approximate surface area is 117 Å². The molecule has 0 aliphatic carbocycles. The van der Waals surface area contributed by atoms with E-state index in [-0.39, 0.29) is 12.3 Å². The van der Waals surface area contributed by atoms with Gasteiger partial charge in [0.05, 0.1) is 6.42 Å². The van der Waals surface area contributed by atoms with E-state index in [1.807, 2.05) is 31.2 Å². The molecule has 1 atom stereocenters. The maximum atomic E-state index is 10.9. The van der Waals surface area contributed by atoms with Gasteiger partial charge in [0.2, 0.25) is 0 Å². The molecule has 0 amide bonds. The van der Waals surface area contributed by atoms with Crippen LogP contribution in [0.15, 0.2) is 54.6 Å². The molecule has 0 heterocycles. The van der Waals surface area contributed by atoms with E-state index >= 15 is 0 Å². The van der Waals surface area contributed by atoms with Crippen molar-refractivity contribution in [1.82, 2.24) is 0 Å². The smallest absolute Gasteiger partial charge is 0.303 e. The van der Waals surface area contributed by atoms with Gasteiger partial charge in [0.25, 0.3) is 0 Å². The van der Waals surface area contributed by atoms with Gasteiger partial charge >= 0.3 is 5.97 Å². The molecule has 3 aromatic rings. The molecule has 0 fully saturated rings. The highest BCUT2D eigenvalue weighted by Crippen LogP contribution is 2.30. The van der Waals surface area contributed by atoms with Gasteiger partial charge in [-0.1, -0.05) is 49.4 Å². The molecule has 0 aliphatic heterocycles. The Morgan fingerprint density at radius 2 is 1.65 bits per heavy atom. The van der Waals surface area contributed by atoms with E-state index < -0.39 is 5.97 Å². The highest BCUT2D eigenvalue weighted by atomic mass is 16.4. The lowest BCUT2D eigenvalue weighted by atomic mass is 9.91.